The predicted molar refractivity (Wildman–Crippen MR) is 160 cm³/mol. The van der Waals surface area contributed by atoms with Crippen LogP contribution in [0.15, 0.2) is 35.5 Å². The minimum atomic E-state index is -3.22. The van der Waals surface area contributed by atoms with E-state index in [2.05, 4.69) is 66.4 Å². The molecule has 0 saturated heterocycles. The summed E-state index contributed by atoms with van der Waals surface area (Å²) in [5.74, 6) is 1.00. The first-order valence-electron chi connectivity index (χ1n) is 17.6. The Bertz CT molecular complexity index is 1060. The van der Waals surface area contributed by atoms with Crippen LogP contribution in [0.4, 0.5) is 0 Å². The molecule has 0 heterocycles. The fraction of sp³-hybridized carbons (Fsp3) is 0.818. The molecule has 3 nitrogen and oxygen atoms in total. The molecule has 2 N–H and O–H groups in total. The summed E-state index contributed by atoms with van der Waals surface area (Å²) in [7, 11) is -1.85. The summed E-state index contributed by atoms with van der Waals surface area (Å²) >= 11 is 0. The highest BCUT2D eigenvalue weighted by Crippen LogP contribution is 2.60. The molecule has 212 valence electrons. The van der Waals surface area contributed by atoms with Crippen molar-refractivity contribution in [3.63, 3.8) is 0 Å². The lowest BCUT2D eigenvalue weighted by molar-refractivity contribution is -0.0554. The number of hydrogen-bond donors (Lipinski definition) is 2. The number of fused-ring (bicyclic) bond motifs is 1. The Morgan fingerprint density at radius 3 is 2.51 bits per heavy atom. The van der Waals surface area contributed by atoms with Gasteiger partial charge in [-0.2, -0.15) is 0 Å². The molecule has 0 radical (unpaired) electrons. The smallest absolute Gasteiger partial charge is 0.192 e. The quantitative estimate of drug-likeness (QED) is 0.305. The largest absolute Gasteiger partial charge is 0.414 e. The molecule has 0 aliphatic heterocycles. The third-order valence-corrected chi connectivity index (χ3v) is 15.1. The first-order valence-corrected chi connectivity index (χ1v) is 17.5. The maximum absolute atomic E-state index is 10.7. The van der Waals surface area contributed by atoms with Gasteiger partial charge < -0.3 is 14.6 Å². The van der Waals surface area contributed by atoms with E-state index in [0.29, 0.717) is 18.3 Å². The van der Waals surface area contributed by atoms with E-state index < -0.39 is 33.7 Å². The summed E-state index contributed by atoms with van der Waals surface area (Å²) < 4.78 is 52.6. The lowest BCUT2D eigenvalue weighted by atomic mass is 9.60. The number of aliphatic hydroxyl groups excluding tert-OH is 1. The van der Waals surface area contributed by atoms with E-state index in [0.717, 1.165) is 51.4 Å². The van der Waals surface area contributed by atoms with Crippen LogP contribution in [0.1, 0.15) is 121 Å². The molecule has 0 aromatic heterocycles. The Labute approximate surface area is 238 Å². The van der Waals surface area contributed by atoms with Crippen molar-refractivity contribution >= 4 is 8.32 Å². The number of aliphatic hydroxyl groups is 2. The van der Waals surface area contributed by atoms with Gasteiger partial charge in [0.2, 0.25) is 0 Å². The van der Waals surface area contributed by atoms with Crippen molar-refractivity contribution in [3.05, 3.63) is 35.5 Å². The molecule has 4 heteroatoms. The number of hydrogen-bond acceptors (Lipinski definition) is 3. The van der Waals surface area contributed by atoms with Crippen molar-refractivity contribution in [1.29, 1.82) is 0 Å². The van der Waals surface area contributed by atoms with Crippen molar-refractivity contribution in [3.8, 4) is 0 Å². The van der Waals surface area contributed by atoms with Crippen LogP contribution in [0.25, 0.3) is 0 Å². The van der Waals surface area contributed by atoms with Crippen LogP contribution in [-0.2, 0) is 4.43 Å². The van der Waals surface area contributed by atoms with Gasteiger partial charge in [-0.05, 0) is 125 Å². The summed E-state index contributed by atoms with van der Waals surface area (Å²) in [6.45, 7) is 14.0. The van der Waals surface area contributed by atoms with E-state index in [1.165, 1.54) is 16.7 Å². The monoisotopic (exact) mass is 536 g/mol. The zero-order valence-electron chi connectivity index (χ0n) is 30.6. The average Bonchev–Trinajstić information content (AvgIpc) is 3.22. The predicted octanol–water partition coefficient (Wildman–Crippen LogP) is 8.73. The minimum absolute atomic E-state index is 0.0687. The maximum atomic E-state index is 10.7. The van der Waals surface area contributed by atoms with Gasteiger partial charge in [-0.1, -0.05) is 64.5 Å². The molecular weight excluding hydrogens is 472 g/mol. The van der Waals surface area contributed by atoms with Gasteiger partial charge >= 0.3 is 0 Å². The molecular formula is C33H58O3Si. The third kappa shape index (κ3) is 7.10. The second-order valence-corrected chi connectivity index (χ2v) is 19.0. The Morgan fingerprint density at radius 2 is 1.86 bits per heavy atom. The van der Waals surface area contributed by atoms with E-state index >= 15 is 0 Å². The van der Waals surface area contributed by atoms with Crippen molar-refractivity contribution < 1.29 is 22.9 Å². The lowest BCUT2D eigenvalue weighted by Gasteiger charge is -2.44. The topological polar surface area (TPSA) is 49.7 Å². The van der Waals surface area contributed by atoms with Crippen LogP contribution >= 0.6 is 0 Å². The Hall–Kier alpha value is -0.683. The Balaban J connectivity index is 1.72. The second-order valence-electron chi connectivity index (χ2n) is 14.2. The van der Waals surface area contributed by atoms with Gasteiger partial charge in [0.15, 0.2) is 8.32 Å². The number of rotatable bonds is 8. The normalized spacial score (nSPS) is 36.7. The first kappa shape index (κ1) is 23.1. The van der Waals surface area contributed by atoms with Crippen LogP contribution in [0, 0.1) is 23.2 Å². The second kappa shape index (κ2) is 11.4. The molecule has 0 spiro atoms. The molecule has 37 heavy (non-hydrogen) atoms. The molecule has 0 aromatic carbocycles. The zero-order chi connectivity index (χ0) is 32.8. The van der Waals surface area contributed by atoms with E-state index in [-0.39, 0.29) is 28.9 Å². The van der Waals surface area contributed by atoms with Crippen LogP contribution in [0.3, 0.4) is 0 Å². The maximum Gasteiger partial charge on any atom is 0.192 e. The Morgan fingerprint density at radius 1 is 1.16 bits per heavy atom. The van der Waals surface area contributed by atoms with Crippen molar-refractivity contribution in [2.24, 2.45) is 23.2 Å². The summed E-state index contributed by atoms with van der Waals surface area (Å²) in [6, 6.07) is 0. The van der Waals surface area contributed by atoms with E-state index in [1.807, 2.05) is 0 Å². The van der Waals surface area contributed by atoms with Crippen molar-refractivity contribution in [1.82, 2.24) is 0 Å². The third-order valence-electron chi connectivity index (χ3n) is 10.5. The van der Waals surface area contributed by atoms with Gasteiger partial charge in [-0.15, -0.1) is 0 Å². The lowest BCUT2D eigenvalue weighted by Crippen LogP contribution is -2.44. The van der Waals surface area contributed by atoms with E-state index in [4.69, 9.17) is 12.7 Å². The molecule has 0 bridgehead atoms. The molecule has 6 atom stereocenters. The fourth-order valence-electron chi connectivity index (χ4n) is 7.12. The summed E-state index contributed by atoms with van der Waals surface area (Å²) in [6.07, 6.45) is 11.8. The van der Waals surface area contributed by atoms with Crippen LogP contribution in [0.5, 0.6) is 0 Å². The van der Waals surface area contributed by atoms with Crippen LogP contribution < -0.4 is 0 Å². The summed E-state index contributed by atoms with van der Waals surface area (Å²) in [5, 5.41) is 21.6. The van der Waals surface area contributed by atoms with Gasteiger partial charge in [-0.3, -0.25) is 0 Å². The van der Waals surface area contributed by atoms with Gasteiger partial charge in [0.1, 0.15) is 0 Å². The molecule has 3 aliphatic carbocycles. The van der Waals surface area contributed by atoms with E-state index in [1.54, 1.807) is 0 Å². The molecule has 3 fully saturated rings. The highest BCUT2D eigenvalue weighted by Gasteiger charge is 2.50. The fourth-order valence-corrected chi connectivity index (χ4v) is 8.51. The highest BCUT2D eigenvalue weighted by atomic mass is 28.4. The van der Waals surface area contributed by atoms with Gasteiger partial charge in [0.25, 0.3) is 0 Å². The van der Waals surface area contributed by atoms with E-state index in [9.17, 15) is 10.2 Å². The molecule has 0 amide bonds. The Kier molecular flexibility index (Phi) is 7.13. The van der Waals surface area contributed by atoms with Crippen LogP contribution in [0.2, 0.25) is 18.1 Å². The average molecular weight is 537 g/mol. The van der Waals surface area contributed by atoms with Gasteiger partial charge in [-0.25, -0.2) is 0 Å². The molecule has 3 saturated carbocycles. The SMILES string of the molecule is [2H]C([2H])([2H])C(O)([C@H](O)CC[C@@H](C)C1CCC2/C(=C/C=C3/C[C@@H](O[Si](C)(C)C(C)(C)C)CCC3=C)CCC[C@@]21C)C([2H])([2H])[2H]. The zero-order valence-corrected chi connectivity index (χ0v) is 25.6. The van der Waals surface area contributed by atoms with Crippen molar-refractivity contribution in [2.45, 2.75) is 148 Å². The standard InChI is InChI=1S/C33H58O3Si/c1-23-13-17-27(36-37(9,10)31(3,4)5)22-26(23)16-15-25-12-11-21-33(8)28(18-19-29(25)33)24(2)14-20-30(34)32(6,7)35/h15-16,24,27-30,34-35H,1,11-14,17-22H2,2-10H3/b25-15+,26-16-/t24-,27+,28?,29?,30-,33-/m1/s1/i6D3,7D3. The van der Waals surface area contributed by atoms with Crippen LogP contribution in [-0.4, -0.2) is 36.3 Å². The van der Waals surface area contributed by atoms with Gasteiger partial charge in [0.05, 0.1) is 11.7 Å². The number of allylic oxidation sites excluding steroid dienone is 4. The summed E-state index contributed by atoms with van der Waals surface area (Å²) in [5.41, 5.74) is 0.970. The highest BCUT2D eigenvalue weighted by molar-refractivity contribution is 6.74. The molecule has 3 rings (SSSR count). The first-order chi connectivity index (χ1) is 19.5. The van der Waals surface area contributed by atoms with Gasteiger partial charge in [0, 0.05) is 14.3 Å². The summed E-state index contributed by atoms with van der Waals surface area (Å²) in [4.78, 5) is 0. The minimum Gasteiger partial charge on any atom is -0.414 e. The molecule has 0 aromatic rings. The molecule has 2 unspecified atom stereocenters. The van der Waals surface area contributed by atoms with Crippen molar-refractivity contribution in [2.75, 3.05) is 0 Å². The molecule has 3 aliphatic rings.